The van der Waals surface area contributed by atoms with Crippen molar-refractivity contribution in [1.82, 2.24) is 4.98 Å². The zero-order valence-electron chi connectivity index (χ0n) is 12.8. The van der Waals surface area contributed by atoms with E-state index in [-0.39, 0.29) is 5.91 Å². The van der Waals surface area contributed by atoms with Crippen molar-refractivity contribution in [3.63, 3.8) is 0 Å². The average molecular weight is 343 g/mol. The van der Waals surface area contributed by atoms with Gasteiger partial charge in [-0.3, -0.25) is 9.69 Å². The van der Waals surface area contributed by atoms with Crippen LogP contribution in [0.15, 0.2) is 53.9 Å². The van der Waals surface area contributed by atoms with Crippen molar-refractivity contribution in [3.05, 3.63) is 70.1 Å². The van der Waals surface area contributed by atoms with Gasteiger partial charge < -0.3 is 0 Å². The van der Waals surface area contributed by atoms with E-state index >= 15 is 0 Å². The van der Waals surface area contributed by atoms with Crippen molar-refractivity contribution < 1.29 is 4.79 Å². The minimum Gasteiger partial charge on any atom is -0.287 e. The van der Waals surface area contributed by atoms with Gasteiger partial charge in [-0.25, -0.2) is 4.98 Å². The first-order chi connectivity index (χ1) is 11.1. The fraction of sp³-hybridized carbons (Fsp3) is 0.111. The summed E-state index contributed by atoms with van der Waals surface area (Å²) in [5, 5.41) is 3.04. The Balaban J connectivity index is 1.86. The van der Waals surface area contributed by atoms with Crippen molar-refractivity contribution in [2.75, 3.05) is 11.9 Å². The van der Waals surface area contributed by atoms with Crippen molar-refractivity contribution in [2.24, 2.45) is 0 Å². The van der Waals surface area contributed by atoms with E-state index in [9.17, 15) is 4.79 Å². The molecule has 0 N–H and O–H groups in total. The average Bonchev–Trinajstić information content (AvgIpc) is 3.04. The number of anilines is 1. The van der Waals surface area contributed by atoms with E-state index in [2.05, 4.69) is 4.98 Å². The summed E-state index contributed by atoms with van der Waals surface area (Å²) in [6.07, 6.45) is 0. The van der Waals surface area contributed by atoms with E-state index in [1.807, 2.05) is 36.6 Å². The molecule has 0 atom stereocenters. The van der Waals surface area contributed by atoms with Gasteiger partial charge in [0.2, 0.25) is 0 Å². The highest BCUT2D eigenvalue weighted by Gasteiger charge is 2.19. The van der Waals surface area contributed by atoms with Crippen LogP contribution >= 0.6 is 22.9 Å². The van der Waals surface area contributed by atoms with Crippen LogP contribution in [-0.4, -0.2) is 17.9 Å². The monoisotopic (exact) mass is 342 g/mol. The SMILES string of the molecule is Cc1ccc(-c2csc(N(C)C(=O)c3ccccc3Cl)n2)cc1. The molecule has 0 aliphatic heterocycles. The summed E-state index contributed by atoms with van der Waals surface area (Å²) in [6.45, 7) is 2.05. The molecule has 0 bridgehead atoms. The fourth-order valence-corrected chi connectivity index (χ4v) is 3.19. The summed E-state index contributed by atoms with van der Waals surface area (Å²) < 4.78 is 0. The molecule has 5 heteroatoms. The number of amides is 1. The van der Waals surface area contributed by atoms with Crippen molar-refractivity contribution in [2.45, 2.75) is 6.92 Å². The number of hydrogen-bond acceptors (Lipinski definition) is 3. The van der Waals surface area contributed by atoms with E-state index in [4.69, 9.17) is 11.6 Å². The fourth-order valence-electron chi connectivity index (χ4n) is 2.18. The van der Waals surface area contributed by atoms with Crippen LogP contribution in [0.1, 0.15) is 15.9 Å². The lowest BCUT2D eigenvalue weighted by molar-refractivity contribution is 0.0993. The lowest BCUT2D eigenvalue weighted by Crippen LogP contribution is -2.26. The maximum atomic E-state index is 12.6. The quantitative estimate of drug-likeness (QED) is 0.667. The van der Waals surface area contributed by atoms with E-state index in [1.165, 1.54) is 21.8 Å². The molecule has 0 saturated carbocycles. The Kier molecular flexibility index (Phi) is 4.46. The number of benzene rings is 2. The highest BCUT2D eigenvalue weighted by Crippen LogP contribution is 2.28. The Hall–Kier alpha value is -2.17. The number of aryl methyl sites for hydroxylation is 1. The highest BCUT2D eigenvalue weighted by molar-refractivity contribution is 7.14. The molecule has 1 amide bonds. The Morgan fingerprint density at radius 1 is 1.13 bits per heavy atom. The predicted molar refractivity (Wildman–Crippen MR) is 96.5 cm³/mol. The van der Waals surface area contributed by atoms with Crippen LogP contribution in [0.5, 0.6) is 0 Å². The van der Waals surface area contributed by atoms with Crippen LogP contribution in [0, 0.1) is 6.92 Å². The molecular formula is C18H15ClN2OS. The zero-order valence-corrected chi connectivity index (χ0v) is 14.4. The summed E-state index contributed by atoms with van der Waals surface area (Å²) in [4.78, 5) is 18.7. The minimum absolute atomic E-state index is 0.166. The largest absolute Gasteiger partial charge is 0.287 e. The first kappa shape index (κ1) is 15.7. The third-order valence-corrected chi connectivity index (χ3v) is 4.78. The van der Waals surface area contributed by atoms with Gasteiger partial charge in [0.05, 0.1) is 16.3 Å². The maximum absolute atomic E-state index is 12.6. The van der Waals surface area contributed by atoms with Crippen molar-refractivity contribution in [3.8, 4) is 11.3 Å². The first-order valence-corrected chi connectivity index (χ1v) is 8.37. The van der Waals surface area contributed by atoms with Crippen LogP contribution in [0.4, 0.5) is 5.13 Å². The second kappa shape index (κ2) is 6.52. The van der Waals surface area contributed by atoms with Crippen molar-refractivity contribution in [1.29, 1.82) is 0 Å². The third kappa shape index (κ3) is 3.28. The van der Waals surface area contributed by atoms with Gasteiger partial charge in [0, 0.05) is 18.0 Å². The maximum Gasteiger partial charge on any atom is 0.261 e. The van der Waals surface area contributed by atoms with Gasteiger partial charge in [0.25, 0.3) is 5.91 Å². The molecule has 2 aromatic carbocycles. The van der Waals surface area contributed by atoms with Crippen LogP contribution in [0.3, 0.4) is 0 Å². The summed E-state index contributed by atoms with van der Waals surface area (Å²) in [5.74, 6) is -0.166. The lowest BCUT2D eigenvalue weighted by atomic mass is 10.1. The normalized spacial score (nSPS) is 10.6. The van der Waals surface area contributed by atoms with Gasteiger partial charge in [-0.1, -0.05) is 53.6 Å². The number of thiazole rings is 1. The molecule has 0 aliphatic carbocycles. The smallest absolute Gasteiger partial charge is 0.261 e. The number of rotatable bonds is 3. The molecule has 3 nitrogen and oxygen atoms in total. The van der Waals surface area contributed by atoms with E-state index < -0.39 is 0 Å². The lowest BCUT2D eigenvalue weighted by Gasteiger charge is -2.14. The van der Waals surface area contributed by atoms with Crippen LogP contribution in [0.25, 0.3) is 11.3 Å². The Morgan fingerprint density at radius 3 is 2.52 bits per heavy atom. The van der Waals surface area contributed by atoms with Crippen LogP contribution in [-0.2, 0) is 0 Å². The van der Waals surface area contributed by atoms with Crippen LogP contribution < -0.4 is 4.90 Å². The Morgan fingerprint density at radius 2 is 1.83 bits per heavy atom. The second-order valence-electron chi connectivity index (χ2n) is 5.23. The van der Waals surface area contributed by atoms with E-state index in [0.717, 1.165) is 11.3 Å². The molecule has 3 aromatic rings. The predicted octanol–water partition coefficient (Wildman–Crippen LogP) is 5.05. The number of aromatic nitrogens is 1. The van der Waals surface area contributed by atoms with Gasteiger partial charge in [0.15, 0.2) is 5.13 Å². The van der Waals surface area contributed by atoms with Crippen LogP contribution in [0.2, 0.25) is 5.02 Å². The summed E-state index contributed by atoms with van der Waals surface area (Å²) >= 11 is 7.54. The third-order valence-electron chi connectivity index (χ3n) is 3.54. The van der Waals surface area contributed by atoms with E-state index in [0.29, 0.717) is 15.7 Å². The number of halogens is 1. The molecule has 23 heavy (non-hydrogen) atoms. The Bertz CT molecular complexity index is 842. The molecule has 0 spiro atoms. The topological polar surface area (TPSA) is 33.2 Å². The van der Waals surface area contributed by atoms with Gasteiger partial charge in [0.1, 0.15) is 0 Å². The molecule has 1 heterocycles. The molecule has 0 aliphatic rings. The number of nitrogens with zero attached hydrogens (tertiary/aromatic N) is 2. The first-order valence-electron chi connectivity index (χ1n) is 7.11. The van der Waals surface area contributed by atoms with Gasteiger partial charge in [-0.15, -0.1) is 11.3 Å². The summed E-state index contributed by atoms with van der Waals surface area (Å²) in [7, 11) is 1.71. The molecule has 0 saturated heterocycles. The molecular weight excluding hydrogens is 328 g/mol. The Labute approximate surface area is 144 Å². The number of carbonyl (C=O) groups excluding carboxylic acids is 1. The minimum atomic E-state index is -0.166. The molecule has 0 unspecified atom stereocenters. The molecule has 0 fully saturated rings. The summed E-state index contributed by atoms with van der Waals surface area (Å²) in [5.41, 5.74) is 3.58. The molecule has 3 rings (SSSR count). The molecule has 0 radical (unpaired) electrons. The molecule has 116 valence electrons. The van der Waals surface area contributed by atoms with Gasteiger partial charge in [-0.2, -0.15) is 0 Å². The van der Waals surface area contributed by atoms with Crippen molar-refractivity contribution >= 4 is 34.0 Å². The van der Waals surface area contributed by atoms with Gasteiger partial charge >= 0.3 is 0 Å². The molecule has 1 aromatic heterocycles. The summed E-state index contributed by atoms with van der Waals surface area (Å²) in [6, 6.07) is 15.2. The number of hydrogen-bond donors (Lipinski definition) is 0. The second-order valence-corrected chi connectivity index (χ2v) is 6.47. The standard InChI is InChI=1S/C18H15ClN2OS/c1-12-7-9-13(10-8-12)16-11-23-18(20-16)21(2)17(22)14-5-3-4-6-15(14)19/h3-11H,1-2H3. The number of carbonyl (C=O) groups is 1. The zero-order chi connectivity index (χ0) is 16.4. The van der Waals surface area contributed by atoms with Gasteiger partial charge in [-0.05, 0) is 19.1 Å². The highest BCUT2D eigenvalue weighted by atomic mass is 35.5. The van der Waals surface area contributed by atoms with E-state index in [1.54, 1.807) is 31.3 Å².